The Kier molecular flexibility index (Phi) is 4.77. The predicted octanol–water partition coefficient (Wildman–Crippen LogP) is 5.22. The second-order valence-electron chi connectivity index (χ2n) is 7.39. The highest BCUT2D eigenvalue weighted by atomic mass is 16.5. The Morgan fingerprint density at radius 2 is 1.70 bits per heavy atom. The van der Waals surface area contributed by atoms with Crippen molar-refractivity contribution < 1.29 is 4.74 Å². The summed E-state index contributed by atoms with van der Waals surface area (Å²) < 4.78 is 7.83. The van der Waals surface area contributed by atoms with Crippen LogP contribution in [0.4, 0.5) is 5.95 Å². The molecule has 0 unspecified atom stereocenters. The van der Waals surface area contributed by atoms with Gasteiger partial charge in [0.1, 0.15) is 24.7 Å². The van der Waals surface area contributed by atoms with Gasteiger partial charge in [-0.15, -0.1) is 0 Å². The second kappa shape index (κ2) is 7.87. The Labute approximate surface area is 175 Å². The first-order chi connectivity index (χ1) is 14.8. The zero-order valence-electron chi connectivity index (χ0n) is 16.7. The fourth-order valence-electron chi connectivity index (χ4n) is 3.57. The SMILES string of the molecule is Cc1ccc(C2=C[C@H](c3ccc(OCc4ccccc4)cc3)n3ncnc3N2)cc1. The van der Waals surface area contributed by atoms with E-state index >= 15 is 0 Å². The molecule has 148 valence electrons. The van der Waals surface area contributed by atoms with Gasteiger partial charge in [-0.25, -0.2) is 4.68 Å². The number of nitrogens with one attached hydrogen (secondary N) is 1. The molecule has 0 aliphatic carbocycles. The third kappa shape index (κ3) is 3.70. The van der Waals surface area contributed by atoms with E-state index in [1.807, 2.05) is 35.0 Å². The Morgan fingerprint density at radius 1 is 0.933 bits per heavy atom. The lowest BCUT2D eigenvalue weighted by Crippen LogP contribution is -2.20. The van der Waals surface area contributed by atoms with Crippen LogP contribution in [0.5, 0.6) is 5.75 Å². The molecule has 0 saturated heterocycles. The minimum absolute atomic E-state index is 0.0387. The largest absolute Gasteiger partial charge is 0.489 e. The van der Waals surface area contributed by atoms with E-state index in [1.54, 1.807) is 6.33 Å². The van der Waals surface area contributed by atoms with Gasteiger partial charge in [0, 0.05) is 5.70 Å². The molecule has 0 bridgehead atoms. The molecule has 0 spiro atoms. The first-order valence-corrected chi connectivity index (χ1v) is 9.98. The van der Waals surface area contributed by atoms with Crippen LogP contribution in [-0.4, -0.2) is 14.8 Å². The summed E-state index contributed by atoms with van der Waals surface area (Å²) in [5.74, 6) is 1.58. The van der Waals surface area contributed by atoms with Crippen molar-refractivity contribution >= 4 is 11.6 Å². The number of rotatable bonds is 5. The van der Waals surface area contributed by atoms with Gasteiger partial charge >= 0.3 is 0 Å². The van der Waals surface area contributed by atoms with E-state index in [1.165, 1.54) is 5.56 Å². The lowest BCUT2D eigenvalue weighted by atomic mass is 10.0. The molecule has 1 aliphatic heterocycles. The van der Waals surface area contributed by atoms with E-state index in [2.05, 4.69) is 76.9 Å². The van der Waals surface area contributed by atoms with E-state index in [0.717, 1.165) is 34.1 Å². The molecule has 30 heavy (non-hydrogen) atoms. The molecule has 1 aliphatic rings. The lowest BCUT2D eigenvalue weighted by Gasteiger charge is -2.24. The van der Waals surface area contributed by atoms with Crippen LogP contribution in [0.15, 0.2) is 91.3 Å². The monoisotopic (exact) mass is 394 g/mol. The number of hydrogen-bond donors (Lipinski definition) is 1. The van der Waals surface area contributed by atoms with Crippen molar-refractivity contribution in [1.82, 2.24) is 14.8 Å². The third-order valence-corrected chi connectivity index (χ3v) is 5.24. The van der Waals surface area contributed by atoms with Gasteiger partial charge in [0.2, 0.25) is 5.95 Å². The number of aryl methyl sites for hydroxylation is 1. The summed E-state index contributed by atoms with van der Waals surface area (Å²) in [6.45, 7) is 2.64. The number of nitrogens with zero attached hydrogens (tertiary/aromatic N) is 3. The molecule has 0 fully saturated rings. The van der Waals surface area contributed by atoms with Crippen LogP contribution < -0.4 is 10.1 Å². The highest BCUT2D eigenvalue weighted by molar-refractivity contribution is 5.77. The average molecular weight is 394 g/mol. The molecule has 0 saturated carbocycles. The van der Waals surface area contributed by atoms with Crippen LogP contribution in [0.2, 0.25) is 0 Å². The van der Waals surface area contributed by atoms with Gasteiger partial charge in [-0.1, -0.05) is 72.3 Å². The molecule has 2 heterocycles. The van der Waals surface area contributed by atoms with E-state index in [4.69, 9.17) is 4.74 Å². The number of anilines is 1. The van der Waals surface area contributed by atoms with Crippen molar-refractivity contribution in [2.75, 3.05) is 5.32 Å². The molecule has 1 atom stereocenters. The van der Waals surface area contributed by atoms with Crippen LogP contribution in [-0.2, 0) is 6.61 Å². The number of ether oxygens (including phenoxy) is 1. The van der Waals surface area contributed by atoms with E-state index in [9.17, 15) is 0 Å². The van der Waals surface area contributed by atoms with Crippen molar-refractivity contribution in [3.63, 3.8) is 0 Å². The summed E-state index contributed by atoms with van der Waals surface area (Å²) >= 11 is 0. The zero-order valence-corrected chi connectivity index (χ0v) is 16.7. The topological polar surface area (TPSA) is 52.0 Å². The summed E-state index contributed by atoms with van der Waals surface area (Å²) in [4.78, 5) is 4.38. The smallest absolute Gasteiger partial charge is 0.226 e. The molecule has 0 amide bonds. The van der Waals surface area contributed by atoms with Crippen molar-refractivity contribution in [2.24, 2.45) is 0 Å². The number of aromatic nitrogens is 3. The maximum Gasteiger partial charge on any atom is 0.226 e. The van der Waals surface area contributed by atoms with Crippen LogP contribution in [0.3, 0.4) is 0 Å². The normalized spacial score (nSPS) is 15.1. The summed E-state index contributed by atoms with van der Waals surface area (Å²) in [5.41, 5.74) is 5.67. The lowest BCUT2D eigenvalue weighted by molar-refractivity contribution is 0.306. The van der Waals surface area contributed by atoms with E-state index in [0.29, 0.717) is 6.61 Å². The minimum atomic E-state index is -0.0387. The Morgan fingerprint density at radius 3 is 2.47 bits per heavy atom. The average Bonchev–Trinajstić information content (AvgIpc) is 3.27. The van der Waals surface area contributed by atoms with Crippen LogP contribution in [0.25, 0.3) is 5.70 Å². The van der Waals surface area contributed by atoms with Gasteiger partial charge < -0.3 is 10.1 Å². The van der Waals surface area contributed by atoms with Crippen molar-refractivity contribution in [2.45, 2.75) is 19.6 Å². The quantitative estimate of drug-likeness (QED) is 0.504. The first kappa shape index (κ1) is 18.2. The predicted molar refractivity (Wildman–Crippen MR) is 118 cm³/mol. The molecule has 5 nitrogen and oxygen atoms in total. The summed E-state index contributed by atoms with van der Waals surface area (Å²) in [5, 5.41) is 7.81. The first-order valence-electron chi connectivity index (χ1n) is 9.98. The summed E-state index contributed by atoms with van der Waals surface area (Å²) in [7, 11) is 0. The summed E-state index contributed by atoms with van der Waals surface area (Å²) in [6, 6.07) is 26.8. The number of allylic oxidation sites excluding steroid dienone is 1. The highest BCUT2D eigenvalue weighted by Gasteiger charge is 2.23. The molecular weight excluding hydrogens is 372 g/mol. The van der Waals surface area contributed by atoms with Crippen LogP contribution in [0.1, 0.15) is 28.3 Å². The van der Waals surface area contributed by atoms with Gasteiger partial charge in [-0.3, -0.25) is 0 Å². The number of benzene rings is 3. The zero-order chi connectivity index (χ0) is 20.3. The Hall–Kier alpha value is -3.86. The maximum absolute atomic E-state index is 5.93. The highest BCUT2D eigenvalue weighted by Crippen LogP contribution is 2.32. The molecule has 3 aromatic carbocycles. The molecule has 1 aromatic heterocycles. The Bertz CT molecular complexity index is 1160. The molecular formula is C25H22N4O. The second-order valence-corrected chi connectivity index (χ2v) is 7.39. The Balaban J connectivity index is 1.40. The third-order valence-electron chi connectivity index (χ3n) is 5.24. The fourth-order valence-corrected chi connectivity index (χ4v) is 3.57. The van der Waals surface area contributed by atoms with Crippen LogP contribution >= 0.6 is 0 Å². The summed E-state index contributed by atoms with van der Waals surface area (Å²) in [6.07, 6.45) is 3.77. The van der Waals surface area contributed by atoms with Gasteiger partial charge in [-0.2, -0.15) is 10.1 Å². The minimum Gasteiger partial charge on any atom is -0.489 e. The molecule has 4 aromatic rings. The van der Waals surface area contributed by atoms with Gasteiger partial charge in [0.15, 0.2) is 0 Å². The molecule has 5 heteroatoms. The molecule has 1 N–H and O–H groups in total. The van der Waals surface area contributed by atoms with Crippen LogP contribution in [0, 0.1) is 6.92 Å². The van der Waals surface area contributed by atoms with Crippen molar-refractivity contribution in [3.05, 3.63) is 114 Å². The number of hydrogen-bond acceptors (Lipinski definition) is 4. The van der Waals surface area contributed by atoms with Gasteiger partial charge in [0.25, 0.3) is 0 Å². The maximum atomic E-state index is 5.93. The van der Waals surface area contributed by atoms with E-state index in [-0.39, 0.29) is 6.04 Å². The van der Waals surface area contributed by atoms with E-state index < -0.39 is 0 Å². The molecule has 5 rings (SSSR count). The molecule has 0 radical (unpaired) electrons. The fraction of sp³-hybridized carbons (Fsp3) is 0.120. The van der Waals surface area contributed by atoms with Gasteiger partial charge in [0.05, 0.1) is 0 Å². The van der Waals surface area contributed by atoms with Crippen molar-refractivity contribution in [1.29, 1.82) is 0 Å². The standard InChI is InChI=1S/C25H22N4O/c1-18-7-9-20(10-8-18)23-15-24(29-25(28-23)26-17-27-29)21-11-13-22(14-12-21)30-16-19-5-3-2-4-6-19/h2-15,17,24H,16H2,1H3,(H,26,27,28)/t24-/m1/s1. The number of fused-ring (bicyclic) bond motifs is 1. The van der Waals surface area contributed by atoms with Gasteiger partial charge in [-0.05, 0) is 41.8 Å². The van der Waals surface area contributed by atoms with Crippen molar-refractivity contribution in [3.8, 4) is 5.75 Å².